The molecule has 0 spiro atoms. The van der Waals surface area contributed by atoms with E-state index in [-0.39, 0.29) is 6.10 Å². The lowest BCUT2D eigenvalue weighted by molar-refractivity contribution is 0.160. The SMILES string of the molecule is N#CN=C1CC(C2CCCc3ccccc32)Oc2ccc(-c3cccc(C#N)c3)cc21. The van der Waals surface area contributed by atoms with Crippen molar-refractivity contribution >= 4 is 5.71 Å². The summed E-state index contributed by atoms with van der Waals surface area (Å²) in [6, 6.07) is 24.3. The molecule has 0 saturated carbocycles. The molecular weight excluding hydrogens is 382 g/mol. The van der Waals surface area contributed by atoms with Gasteiger partial charge in [0.25, 0.3) is 0 Å². The van der Waals surface area contributed by atoms with Gasteiger partial charge in [-0.3, -0.25) is 0 Å². The molecule has 0 aromatic heterocycles. The molecule has 4 nitrogen and oxygen atoms in total. The molecule has 2 atom stereocenters. The first-order chi connectivity index (χ1) is 15.3. The number of rotatable bonds is 2. The number of hydrogen-bond donors (Lipinski definition) is 0. The van der Waals surface area contributed by atoms with E-state index in [4.69, 9.17) is 4.74 Å². The summed E-state index contributed by atoms with van der Waals surface area (Å²) >= 11 is 0. The molecule has 3 aromatic carbocycles. The molecule has 0 fully saturated rings. The highest BCUT2D eigenvalue weighted by atomic mass is 16.5. The van der Waals surface area contributed by atoms with Crippen LogP contribution < -0.4 is 4.74 Å². The minimum atomic E-state index is -0.0335. The monoisotopic (exact) mass is 403 g/mol. The number of benzene rings is 3. The van der Waals surface area contributed by atoms with Crippen LogP contribution in [0.3, 0.4) is 0 Å². The van der Waals surface area contributed by atoms with Crippen LogP contribution in [0.25, 0.3) is 11.1 Å². The fourth-order valence-electron chi connectivity index (χ4n) is 4.88. The maximum Gasteiger partial charge on any atom is 0.205 e. The zero-order valence-corrected chi connectivity index (χ0v) is 17.1. The Morgan fingerprint density at radius 2 is 1.81 bits per heavy atom. The Morgan fingerprint density at radius 3 is 2.68 bits per heavy atom. The third kappa shape index (κ3) is 3.58. The summed E-state index contributed by atoms with van der Waals surface area (Å²) in [6.07, 6.45) is 5.90. The molecule has 2 unspecified atom stereocenters. The molecule has 4 heteroatoms. The largest absolute Gasteiger partial charge is 0.489 e. The number of hydrogen-bond acceptors (Lipinski definition) is 4. The van der Waals surface area contributed by atoms with Crippen LogP contribution in [0.5, 0.6) is 5.75 Å². The van der Waals surface area contributed by atoms with Crippen molar-refractivity contribution in [1.29, 1.82) is 10.5 Å². The molecule has 3 aromatic rings. The van der Waals surface area contributed by atoms with Gasteiger partial charge in [0.15, 0.2) is 0 Å². The van der Waals surface area contributed by atoms with Gasteiger partial charge in [0.2, 0.25) is 6.19 Å². The van der Waals surface area contributed by atoms with Crippen molar-refractivity contribution in [2.75, 3.05) is 0 Å². The van der Waals surface area contributed by atoms with Crippen molar-refractivity contribution in [3.05, 3.63) is 89.0 Å². The van der Waals surface area contributed by atoms with Gasteiger partial charge in [-0.2, -0.15) is 15.5 Å². The van der Waals surface area contributed by atoms with Gasteiger partial charge in [-0.1, -0.05) is 42.5 Å². The van der Waals surface area contributed by atoms with Gasteiger partial charge >= 0.3 is 0 Å². The van der Waals surface area contributed by atoms with Crippen LogP contribution in [0.15, 0.2) is 71.7 Å². The lowest BCUT2D eigenvalue weighted by Gasteiger charge is -2.36. The van der Waals surface area contributed by atoms with E-state index < -0.39 is 0 Å². The second kappa shape index (κ2) is 8.09. The van der Waals surface area contributed by atoms with Crippen LogP contribution in [0.4, 0.5) is 0 Å². The Morgan fingerprint density at radius 1 is 0.935 bits per heavy atom. The second-order valence-electron chi connectivity index (χ2n) is 8.12. The van der Waals surface area contributed by atoms with E-state index in [1.807, 2.05) is 42.6 Å². The Balaban J connectivity index is 1.52. The maximum absolute atomic E-state index is 9.34. The zero-order valence-electron chi connectivity index (χ0n) is 17.1. The van der Waals surface area contributed by atoms with Crippen LogP contribution in [-0.2, 0) is 6.42 Å². The molecule has 0 radical (unpaired) electrons. The van der Waals surface area contributed by atoms with Gasteiger partial charge in [0.05, 0.1) is 17.3 Å². The highest BCUT2D eigenvalue weighted by molar-refractivity contribution is 6.05. The first-order valence-corrected chi connectivity index (χ1v) is 10.6. The number of ether oxygens (including phenoxy) is 1. The Hall–Kier alpha value is -3.89. The average Bonchev–Trinajstić information content (AvgIpc) is 2.83. The molecule has 5 rings (SSSR count). The molecule has 1 heterocycles. The molecule has 2 aliphatic rings. The van der Waals surface area contributed by atoms with Crippen LogP contribution in [-0.4, -0.2) is 11.8 Å². The summed E-state index contributed by atoms with van der Waals surface area (Å²) in [7, 11) is 0. The molecular formula is C27H21N3O. The molecule has 150 valence electrons. The third-order valence-electron chi connectivity index (χ3n) is 6.34. The van der Waals surface area contributed by atoms with Crippen molar-refractivity contribution in [3.8, 4) is 29.1 Å². The topological polar surface area (TPSA) is 69.2 Å². The maximum atomic E-state index is 9.34. The minimum Gasteiger partial charge on any atom is -0.489 e. The Kier molecular flexibility index (Phi) is 4.98. The van der Waals surface area contributed by atoms with E-state index in [2.05, 4.69) is 35.3 Å². The quantitative estimate of drug-likeness (QED) is 0.510. The number of nitriles is 2. The van der Waals surface area contributed by atoms with E-state index >= 15 is 0 Å². The standard InChI is InChI=1S/C27H21N3O/c28-16-18-5-3-8-20(13-18)21-11-12-26-24(14-21)25(30-17-29)15-27(31-26)23-10-4-7-19-6-1-2-9-22(19)23/h1-3,5-6,8-9,11-14,23,27H,4,7,10,15H2. The van der Waals surface area contributed by atoms with Gasteiger partial charge in [-0.15, -0.1) is 0 Å². The van der Waals surface area contributed by atoms with Crippen molar-refractivity contribution in [2.45, 2.75) is 37.7 Å². The lowest BCUT2D eigenvalue weighted by atomic mass is 9.77. The van der Waals surface area contributed by atoms with Crippen molar-refractivity contribution in [2.24, 2.45) is 4.99 Å². The summed E-state index contributed by atoms with van der Waals surface area (Å²) in [6.45, 7) is 0. The summed E-state index contributed by atoms with van der Waals surface area (Å²) in [5.74, 6) is 1.07. The van der Waals surface area contributed by atoms with E-state index in [1.54, 1.807) is 6.07 Å². The molecule has 0 N–H and O–H groups in total. The first-order valence-electron chi connectivity index (χ1n) is 10.6. The van der Waals surface area contributed by atoms with E-state index in [0.717, 1.165) is 47.4 Å². The predicted molar refractivity (Wildman–Crippen MR) is 120 cm³/mol. The first kappa shape index (κ1) is 19.1. The number of aryl methyl sites for hydroxylation is 1. The molecule has 0 saturated heterocycles. The normalized spacial score (nSPS) is 20.6. The van der Waals surface area contributed by atoms with Gasteiger partial charge in [-0.05, 0) is 65.8 Å². The van der Waals surface area contributed by atoms with Crippen LogP contribution in [0, 0.1) is 22.8 Å². The van der Waals surface area contributed by atoms with Crippen LogP contribution >= 0.6 is 0 Å². The smallest absolute Gasteiger partial charge is 0.205 e. The van der Waals surface area contributed by atoms with Gasteiger partial charge < -0.3 is 4.74 Å². The lowest BCUT2D eigenvalue weighted by Crippen LogP contribution is -2.34. The minimum absolute atomic E-state index is 0.0335. The average molecular weight is 403 g/mol. The highest BCUT2D eigenvalue weighted by Crippen LogP contribution is 2.41. The molecule has 0 bridgehead atoms. The zero-order chi connectivity index (χ0) is 21.2. The number of fused-ring (bicyclic) bond motifs is 2. The van der Waals surface area contributed by atoms with Crippen molar-refractivity contribution in [3.63, 3.8) is 0 Å². The fourth-order valence-corrected chi connectivity index (χ4v) is 4.88. The summed E-state index contributed by atoms with van der Waals surface area (Å²) < 4.78 is 6.50. The second-order valence-corrected chi connectivity index (χ2v) is 8.12. The van der Waals surface area contributed by atoms with Crippen molar-refractivity contribution in [1.82, 2.24) is 0 Å². The molecule has 0 amide bonds. The summed E-state index contributed by atoms with van der Waals surface area (Å²) in [4.78, 5) is 4.18. The Bertz CT molecular complexity index is 1260. The molecule has 31 heavy (non-hydrogen) atoms. The third-order valence-corrected chi connectivity index (χ3v) is 6.34. The summed E-state index contributed by atoms with van der Waals surface area (Å²) in [5, 5.41) is 18.5. The van der Waals surface area contributed by atoms with Crippen LogP contribution in [0.2, 0.25) is 0 Å². The van der Waals surface area contributed by atoms with E-state index in [9.17, 15) is 10.5 Å². The fraction of sp³-hybridized carbons (Fsp3) is 0.222. The molecule has 1 aliphatic carbocycles. The van der Waals surface area contributed by atoms with Gasteiger partial charge in [0, 0.05) is 17.9 Å². The van der Waals surface area contributed by atoms with Gasteiger partial charge in [0.1, 0.15) is 11.9 Å². The number of aliphatic imine (C=N–C) groups is 1. The summed E-state index contributed by atoms with van der Waals surface area (Å²) in [5.41, 5.74) is 6.96. The Labute approximate surface area is 182 Å². The number of nitrogens with zero attached hydrogens (tertiary/aromatic N) is 3. The van der Waals surface area contributed by atoms with Gasteiger partial charge in [-0.25, -0.2) is 0 Å². The molecule has 1 aliphatic heterocycles. The van der Waals surface area contributed by atoms with Crippen molar-refractivity contribution < 1.29 is 4.74 Å². The van der Waals surface area contributed by atoms with E-state index in [0.29, 0.717) is 17.9 Å². The van der Waals surface area contributed by atoms with Crippen LogP contribution in [0.1, 0.15) is 47.4 Å². The predicted octanol–water partition coefficient (Wildman–Crippen LogP) is 5.77. The highest BCUT2D eigenvalue weighted by Gasteiger charge is 2.34. The van der Waals surface area contributed by atoms with E-state index in [1.165, 1.54) is 11.1 Å².